The number of hydroxylamine groups is 2. The first-order valence-corrected chi connectivity index (χ1v) is 6.43. The predicted octanol–water partition coefficient (Wildman–Crippen LogP) is 1.31. The first kappa shape index (κ1) is 12.8. The zero-order chi connectivity index (χ0) is 14.3. The lowest BCUT2D eigenvalue weighted by Crippen LogP contribution is -2.36. The molecule has 0 aliphatic carbocycles. The van der Waals surface area contributed by atoms with Crippen LogP contribution in [0.4, 0.5) is 0 Å². The van der Waals surface area contributed by atoms with E-state index in [1.165, 1.54) is 12.1 Å². The summed E-state index contributed by atoms with van der Waals surface area (Å²) in [5.41, 5.74) is 0.483. The SMILES string of the molecule is CC1CCC(C(=O)ON2C(=O)c3ccccc3C2=O)O1. The second-order valence-corrected chi connectivity index (χ2v) is 4.87. The highest BCUT2D eigenvalue weighted by molar-refractivity contribution is 6.20. The number of carbonyl (C=O) groups is 3. The average molecular weight is 275 g/mol. The minimum atomic E-state index is -0.714. The van der Waals surface area contributed by atoms with Gasteiger partial charge in [-0.05, 0) is 31.9 Å². The van der Waals surface area contributed by atoms with Gasteiger partial charge in [0.1, 0.15) is 0 Å². The van der Waals surface area contributed by atoms with Crippen LogP contribution in [0, 0.1) is 0 Å². The number of imide groups is 1. The molecular formula is C14H13NO5. The Hall–Kier alpha value is -2.21. The highest BCUT2D eigenvalue weighted by Gasteiger charge is 2.40. The van der Waals surface area contributed by atoms with Gasteiger partial charge in [-0.25, -0.2) is 4.79 Å². The summed E-state index contributed by atoms with van der Waals surface area (Å²) in [6.07, 6.45) is 0.550. The van der Waals surface area contributed by atoms with E-state index in [4.69, 9.17) is 9.57 Å². The largest absolute Gasteiger partial charge is 0.363 e. The summed E-state index contributed by atoms with van der Waals surface area (Å²) in [5, 5.41) is 0.513. The van der Waals surface area contributed by atoms with Gasteiger partial charge in [0, 0.05) is 0 Å². The van der Waals surface area contributed by atoms with Crippen molar-refractivity contribution >= 4 is 17.8 Å². The highest BCUT2D eigenvalue weighted by Crippen LogP contribution is 2.25. The molecule has 1 aromatic rings. The van der Waals surface area contributed by atoms with Gasteiger partial charge in [-0.1, -0.05) is 17.2 Å². The molecule has 2 aliphatic heterocycles. The molecule has 3 rings (SSSR count). The number of benzene rings is 1. The molecule has 2 atom stereocenters. The monoisotopic (exact) mass is 275 g/mol. The summed E-state index contributed by atoms with van der Waals surface area (Å²) in [4.78, 5) is 40.8. The van der Waals surface area contributed by atoms with Gasteiger partial charge in [-0.2, -0.15) is 0 Å². The van der Waals surface area contributed by atoms with Crippen LogP contribution in [0.15, 0.2) is 24.3 Å². The van der Waals surface area contributed by atoms with Gasteiger partial charge >= 0.3 is 5.97 Å². The van der Waals surface area contributed by atoms with Crippen LogP contribution in [0.5, 0.6) is 0 Å². The van der Waals surface area contributed by atoms with Crippen molar-refractivity contribution in [3.05, 3.63) is 35.4 Å². The molecule has 1 aromatic carbocycles. The molecule has 2 heterocycles. The quantitative estimate of drug-likeness (QED) is 0.761. The number of amides is 2. The number of nitrogens with zero attached hydrogens (tertiary/aromatic N) is 1. The maximum atomic E-state index is 12.0. The topological polar surface area (TPSA) is 72.9 Å². The molecule has 0 radical (unpaired) electrons. The van der Waals surface area contributed by atoms with Gasteiger partial charge in [-0.15, -0.1) is 0 Å². The van der Waals surface area contributed by atoms with Crippen molar-refractivity contribution in [2.45, 2.75) is 32.0 Å². The molecule has 6 heteroatoms. The van der Waals surface area contributed by atoms with Crippen LogP contribution in [0.2, 0.25) is 0 Å². The fraction of sp³-hybridized carbons (Fsp3) is 0.357. The molecular weight excluding hydrogens is 262 g/mol. The lowest BCUT2D eigenvalue weighted by Gasteiger charge is -2.15. The number of hydrogen-bond donors (Lipinski definition) is 0. The van der Waals surface area contributed by atoms with Crippen molar-refractivity contribution in [2.24, 2.45) is 0 Å². The molecule has 6 nitrogen and oxygen atoms in total. The summed E-state index contributed by atoms with van der Waals surface area (Å²) >= 11 is 0. The number of fused-ring (bicyclic) bond motifs is 1. The van der Waals surface area contributed by atoms with Crippen molar-refractivity contribution in [3.63, 3.8) is 0 Å². The molecule has 1 saturated heterocycles. The van der Waals surface area contributed by atoms with E-state index < -0.39 is 23.9 Å². The molecule has 2 amide bonds. The Balaban J connectivity index is 1.75. The molecule has 2 aliphatic rings. The van der Waals surface area contributed by atoms with Crippen LogP contribution >= 0.6 is 0 Å². The van der Waals surface area contributed by atoms with Crippen molar-refractivity contribution in [2.75, 3.05) is 0 Å². The molecule has 0 spiro atoms. The van der Waals surface area contributed by atoms with E-state index in [1.807, 2.05) is 6.92 Å². The second kappa shape index (κ2) is 4.72. The highest BCUT2D eigenvalue weighted by atomic mass is 16.7. The average Bonchev–Trinajstić information content (AvgIpc) is 2.98. The van der Waals surface area contributed by atoms with Gasteiger partial charge < -0.3 is 9.57 Å². The second-order valence-electron chi connectivity index (χ2n) is 4.87. The third-order valence-electron chi connectivity index (χ3n) is 3.43. The van der Waals surface area contributed by atoms with E-state index in [-0.39, 0.29) is 17.2 Å². The Morgan fingerprint density at radius 1 is 1.20 bits per heavy atom. The van der Waals surface area contributed by atoms with Gasteiger partial charge in [0.2, 0.25) is 0 Å². The van der Waals surface area contributed by atoms with Crippen LogP contribution in [0.3, 0.4) is 0 Å². The smallest absolute Gasteiger partial charge is 0.361 e. The third-order valence-corrected chi connectivity index (χ3v) is 3.43. The standard InChI is InChI=1S/C14H13NO5/c1-8-6-7-11(19-8)14(18)20-15-12(16)9-4-2-3-5-10(9)13(15)17/h2-5,8,11H,6-7H2,1H3. The summed E-state index contributed by atoms with van der Waals surface area (Å²) in [6, 6.07) is 6.35. The summed E-state index contributed by atoms with van der Waals surface area (Å²) in [6.45, 7) is 1.86. The minimum absolute atomic E-state index is 0.0188. The van der Waals surface area contributed by atoms with Crippen LogP contribution in [-0.2, 0) is 14.4 Å². The van der Waals surface area contributed by atoms with Gasteiger partial charge in [0.05, 0.1) is 17.2 Å². The van der Waals surface area contributed by atoms with E-state index in [2.05, 4.69) is 0 Å². The van der Waals surface area contributed by atoms with E-state index in [0.29, 0.717) is 11.5 Å². The third kappa shape index (κ3) is 1.98. The van der Waals surface area contributed by atoms with E-state index in [1.54, 1.807) is 12.1 Å². The Labute approximate surface area is 115 Å². The van der Waals surface area contributed by atoms with Crippen LogP contribution < -0.4 is 0 Å². The van der Waals surface area contributed by atoms with Crippen LogP contribution in [-0.4, -0.2) is 35.1 Å². The molecule has 0 N–H and O–H groups in total. The lowest BCUT2D eigenvalue weighted by molar-refractivity contribution is -0.180. The lowest BCUT2D eigenvalue weighted by atomic mass is 10.1. The molecule has 1 fully saturated rings. The molecule has 104 valence electrons. The number of hydrogen-bond acceptors (Lipinski definition) is 5. The zero-order valence-corrected chi connectivity index (χ0v) is 10.9. The number of ether oxygens (including phenoxy) is 1. The first-order chi connectivity index (χ1) is 9.58. The summed E-state index contributed by atoms with van der Waals surface area (Å²) in [5.74, 6) is -1.95. The van der Waals surface area contributed by atoms with Crippen molar-refractivity contribution in [1.82, 2.24) is 5.06 Å². The van der Waals surface area contributed by atoms with E-state index in [0.717, 1.165) is 6.42 Å². The Morgan fingerprint density at radius 3 is 2.30 bits per heavy atom. The van der Waals surface area contributed by atoms with Crippen molar-refractivity contribution in [1.29, 1.82) is 0 Å². The molecule has 2 unspecified atom stereocenters. The molecule has 20 heavy (non-hydrogen) atoms. The Kier molecular flexibility index (Phi) is 3.02. The molecule has 0 bridgehead atoms. The fourth-order valence-corrected chi connectivity index (χ4v) is 2.37. The van der Waals surface area contributed by atoms with Gasteiger partial charge in [0.15, 0.2) is 6.10 Å². The predicted molar refractivity (Wildman–Crippen MR) is 66.6 cm³/mol. The van der Waals surface area contributed by atoms with Crippen molar-refractivity contribution in [3.8, 4) is 0 Å². The van der Waals surface area contributed by atoms with Gasteiger partial charge in [0.25, 0.3) is 11.8 Å². The van der Waals surface area contributed by atoms with E-state index in [9.17, 15) is 14.4 Å². The summed E-state index contributed by atoms with van der Waals surface area (Å²) in [7, 11) is 0. The van der Waals surface area contributed by atoms with Crippen LogP contribution in [0.25, 0.3) is 0 Å². The fourth-order valence-electron chi connectivity index (χ4n) is 2.37. The maximum absolute atomic E-state index is 12.0. The minimum Gasteiger partial charge on any atom is -0.363 e. The molecule has 0 saturated carbocycles. The first-order valence-electron chi connectivity index (χ1n) is 6.43. The van der Waals surface area contributed by atoms with Crippen molar-refractivity contribution < 1.29 is 24.0 Å². The number of carbonyl (C=O) groups excluding carboxylic acids is 3. The number of rotatable bonds is 2. The Morgan fingerprint density at radius 2 is 1.80 bits per heavy atom. The zero-order valence-electron chi connectivity index (χ0n) is 10.9. The summed E-state index contributed by atoms with van der Waals surface area (Å²) < 4.78 is 5.36. The maximum Gasteiger partial charge on any atom is 0.361 e. The van der Waals surface area contributed by atoms with Gasteiger partial charge in [-0.3, -0.25) is 9.59 Å². The molecule has 0 aromatic heterocycles. The van der Waals surface area contributed by atoms with Crippen LogP contribution in [0.1, 0.15) is 40.5 Å². The normalized spacial score (nSPS) is 24.9. The van der Waals surface area contributed by atoms with E-state index >= 15 is 0 Å². The Bertz CT molecular complexity index is 562.